The molecule has 2 aromatic rings. The largest absolute Gasteiger partial charge is 0.493 e. The number of benzene rings is 2. The van der Waals surface area contributed by atoms with Crippen molar-refractivity contribution in [1.82, 2.24) is 5.43 Å². The number of ether oxygens (including phenoxy) is 1. The van der Waals surface area contributed by atoms with Gasteiger partial charge < -0.3 is 14.7 Å². The van der Waals surface area contributed by atoms with E-state index < -0.39 is 21.9 Å². The zero-order valence-electron chi connectivity index (χ0n) is 14.5. The van der Waals surface area contributed by atoms with Crippen LogP contribution in [-0.2, 0) is 19.7 Å². The van der Waals surface area contributed by atoms with E-state index in [1.54, 1.807) is 12.1 Å². The fourth-order valence-electron chi connectivity index (χ4n) is 1.93. The van der Waals surface area contributed by atoms with Crippen LogP contribution in [0.2, 0.25) is 0 Å². The maximum absolute atomic E-state index is 12.4. The Bertz CT molecular complexity index is 984. The predicted octanol–water partition coefficient (Wildman–Crippen LogP) is 0.707. The molecule has 0 spiro atoms. The van der Waals surface area contributed by atoms with Gasteiger partial charge in [-0.2, -0.15) is 13.5 Å². The van der Waals surface area contributed by atoms with E-state index in [1.165, 1.54) is 43.7 Å². The van der Waals surface area contributed by atoms with E-state index in [9.17, 15) is 18.0 Å². The number of methoxy groups -OCH3 is 1. The van der Waals surface area contributed by atoms with E-state index in [1.807, 2.05) is 12.3 Å². The Balaban J connectivity index is 2.21. The van der Waals surface area contributed by atoms with Crippen LogP contribution in [0.5, 0.6) is 11.5 Å². The lowest BCUT2D eigenvalue weighted by molar-refractivity contribution is -0.137. The Morgan fingerprint density at radius 3 is 2.37 bits per heavy atom. The van der Waals surface area contributed by atoms with Gasteiger partial charge in [0.25, 0.3) is 0 Å². The van der Waals surface area contributed by atoms with Gasteiger partial charge in [0.15, 0.2) is 11.5 Å². The van der Waals surface area contributed by atoms with Gasteiger partial charge in [-0.25, -0.2) is 5.43 Å². The number of aryl methyl sites for hydroxylation is 1. The lowest BCUT2D eigenvalue weighted by atomic mass is 10.2. The number of nitrogens with one attached hydrogen (secondary N) is 1. The van der Waals surface area contributed by atoms with Crippen LogP contribution in [0.3, 0.4) is 0 Å². The number of hydrazone groups is 1. The molecule has 27 heavy (non-hydrogen) atoms. The number of carbonyl (C=O) groups excluding carboxylic acids is 2. The number of nitrogens with two attached hydrogens (primary N) is 1. The van der Waals surface area contributed by atoms with E-state index in [-0.39, 0.29) is 16.4 Å². The molecule has 0 fully saturated rings. The average Bonchev–Trinajstić information content (AvgIpc) is 2.62. The summed E-state index contributed by atoms with van der Waals surface area (Å²) in [5.74, 6) is -2.12. The van der Waals surface area contributed by atoms with Crippen LogP contribution in [-0.4, -0.2) is 33.6 Å². The normalized spacial score (nSPS) is 11.2. The third kappa shape index (κ3) is 5.28. The summed E-state index contributed by atoms with van der Waals surface area (Å²) in [6.45, 7) is 1.84. The smallest absolute Gasteiger partial charge is 0.339 e. The summed E-state index contributed by atoms with van der Waals surface area (Å²) >= 11 is 0. The van der Waals surface area contributed by atoms with Crippen molar-refractivity contribution in [3.8, 4) is 11.5 Å². The first kappa shape index (κ1) is 19.9. The lowest BCUT2D eigenvalue weighted by Crippen LogP contribution is -2.32. The van der Waals surface area contributed by atoms with E-state index in [0.717, 1.165) is 5.56 Å². The van der Waals surface area contributed by atoms with E-state index in [0.29, 0.717) is 5.56 Å². The van der Waals surface area contributed by atoms with Crippen molar-refractivity contribution in [2.24, 2.45) is 10.8 Å². The zero-order chi connectivity index (χ0) is 20.0. The van der Waals surface area contributed by atoms with Crippen LogP contribution in [0.1, 0.15) is 11.1 Å². The van der Waals surface area contributed by atoms with Gasteiger partial charge >= 0.3 is 21.9 Å². The van der Waals surface area contributed by atoms with Gasteiger partial charge in [0.1, 0.15) is 4.90 Å². The Hall–Kier alpha value is -3.40. The first-order valence-corrected chi connectivity index (χ1v) is 8.96. The van der Waals surface area contributed by atoms with Gasteiger partial charge in [0.05, 0.1) is 13.3 Å². The fourth-order valence-corrected chi connectivity index (χ4v) is 2.86. The number of primary amides is 1. The number of amides is 2. The highest BCUT2D eigenvalue weighted by atomic mass is 32.2. The van der Waals surface area contributed by atoms with E-state index in [2.05, 4.69) is 5.10 Å². The summed E-state index contributed by atoms with van der Waals surface area (Å²) in [6.07, 6.45) is 1.22. The van der Waals surface area contributed by atoms with Crippen molar-refractivity contribution in [2.45, 2.75) is 11.8 Å². The highest BCUT2D eigenvalue weighted by Crippen LogP contribution is 2.30. The van der Waals surface area contributed by atoms with Gasteiger partial charge in [-0.1, -0.05) is 17.7 Å². The van der Waals surface area contributed by atoms with Gasteiger partial charge in [0.2, 0.25) is 0 Å². The van der Waals surface area contributed by atoms with Crippen LogP contribution in [0, 0.1) is 6.92 Å². The molecule has 0 aromatic heterocycles. The van der Waals surface area contributed by atoms with E-state index >= 15 is 0 Å². The maximum Gasteiger partial charge on any atom is 0.339 e. The molecule has 0 aliphatic rings. The van der Waals surface area contributed by atoms with Crippen LogP contribution < -0.4 is 20.1 Å². The molecule has 0 saturated heterocycles. The molecule has 2 aromatic carbocycles. The van der Waals surface area contributed by atoms with Crippen molar-refractivity contribution < 1.29 is 26.9 Å². The molecule has 9 nitrogen and oxygen atoms in total. The third-order valence-corrected chi connectivity index (χ3v) is 4.55. The molecule has 0 heterocycles. The summed E-state index contributed by atoms with van der Waals surface area (Å²) in [5, 5.41) is 3.56. The predicted molar refractivity (Wildman–Crippen MR) is 96.9 cm³/mol. The third-order valence-electron chi connectivity index (χ3n) is 3.30. The minimum atomic E-state index is -4.04. The standard InChI is InChI=1S/C17H17N3O6S/c1-11-3-6-13(7-4-11)27(23,24)26-14-8-5-12(9-15(14)25-2)10-19-20-17(22)16(18)21/h3-10H,1-2H3,(H2,18,21)(H,20,22)/b19-10-. The SMILES string of the molecule is COc1cc(/C=N\NC(=O)C(N)=O)ccc1OS(=O)(=O)c1ccc(C)cc1. The molecule has 0 saturated carbocycles. The molecular weight excluding hydrogens is 374 g/mol. The molecule has 0 atom stereocenters. The minimum Gasteiger partial charge on any atom is -0.493 e. The number of rotatable bonds is 6. The van der Waals surface area contributed by atoms with Crippen LogP contribution in [0.25, 0.3) is 0 Å². The summed E-state index contributed by atoms with van der Waals surface area (Å²) < 4.78 is 35.1. The molecular formula is C17H17N3O6S. The average molecular weight is 391 g/mol. The van der Waals surface area contributed by atoms with Crippen molar-refractivity contribution >= 4 is 28.1 Å². The van der Waals surface area contributed by atoms with Gasteiger partial charge in [-0.05, 0) is 42.8 Å². The van der Waals surface area contributed by atoms with Crippen LogP contribution >= 0.6 is 0 Å². The van der Waals surface area contributed by atoms with Gasteiger partial charge in [-0.15, -0.1) is 0 Å². The van der Waals surface area contributed by atoms with Crippen molar-refractivity contribution in [2.75, 3.05) is 7.11 Å². The molecule has 10 heteroatoms. The second kappa shape index (κ2) is 8.32. The fraction of sp³-hybridized carbons (Fsp3) is 0.118. The quantitative estimate of drug-likeness (QED) is 0.322. The van der Waals surface area contributed by atoms with Gasteiger partial charge in [-0.3, -0.25) is 9.59 Å². The Morgan fingerprint density at radius 1 is 1.11 bits per heavy atom. The van der Waals surface area contributed by atoms with Crippen molar-refractivity contribution in [1.29, 1.82) is 0 Å². The Morgan fingerprint density at radius 2 is 1.78 bits per heavy atom. The minimum absolute atomic E-state index is 0.00922. The molecule has 0 aliphatic carbocycles. The molecule has 142 valence electrons. The van der Waals surface area contributed by atoms with Crippen LogP contribution in [0.15, 0.2) is 52.5 Å². The monoisotopic (exact) mass is 391 g/mol. The van der Waals surface area contributed by atoms with Crippen molar-refractivity contribution in [3.63, 3.8) is 0 Å². The first-order valence-electron chi connectivity index (χ1n) is 7.55. The number of hydrogen-bond donors (Lipinski definition) is 2. The summed E-state index contributed by atoms with van der Waals surface area (Å²) in [7, 11) is -2.69. The van der Waals surface area contributed by atoms with Gasteiger partial charge in [0, 0.05) is 0 Å². The second-order valence-corrected chi connectivity index (χ2v) is 6.87. The number of hydrogen-bond acceptors (Lipinski definition) is 7. The Labute approximate surface area is 155 Å². The zero-order valence-corrected chi connectivity index (χ0v) is 15.3. The highest BCUT2D eigenvalue weighted by Gasteiger charge is 2.19. The molecule has 0 unspecified atom stereocenters. The van der Waals surface area contributed by atoms with Crippen LogP contribution in [0.4, 0.5) is 0 Å². The molecule has 0 aliphatic heterocycles. The summed E-state index contributed by atoms with van der Waals surface area (Å²) in [4.78, 5) is 21.6. The molecule has 0 bridgehead atoms. The number of nitrogens with zero attached hydrogens (tertiary/aromatic N) is 1. The molecule has 2 rings (SSSR count). The molecule has 3 N–H and O–H groups in total. The maximum atomic E-state index is 12.4. The molecule has 2 amide bonds. The number of carbonyl (C=O) groups is 2. The second-order valence-electron chi connectivity index (χ2n) is 5.32. The highest BCUT2D eigenvalue weighted by molar-refractivity contribution is 7.87. The summed E-state index contributed by atoms with van der Waals surface area (Å²) in [6, 6.07) is 10.5. The Kier molecular flexibility index (Phi) is 6.14. The summed E-state index contributed by atoms with van der Waals surface area (Å²) in [5.41, 5.74) is 8.08. The first-order chi connectivity index (χ1) is 12.7. The topological polar surface area (TPSA) is 137 Å². The lowest BCUT2D eigenvalue weighted by Gasteiger charge is -2.11. The molecule has 0 radical (unpaired) electrons. The van der Waals surface area contributed by atoms with Crippen molar-refractivity contribution in [3.05, 3.63) is 53.6 Å². The van der Waals surface area contributed by atoms with E-state index in [4.69, 9.17) is 14.7 Å².